The number of hydrogen-bond acceptors (Lipinski definition) is 3. The zero-order valence-corrected chi connectivity index (χ0v) is 13.7. The maximum atomic E-state index is 9.83. The Morgan fingerprint density at radius 2 is 2.24 bits per heavy atom. The predicted molar refractivity (Wildman–Crippen MR) is 88.4 cm³/mol. The van der Waals surface area contributed by atoms with Crippen molar-refractivity contribution in [3.05, 3.63) is 35.4 Å². The standard InChI is InChI=1S/C18H30N2O/c1-4-19-17(16-7-5-6-14(2)12-16)8-10-20-11-9-18(21)15(3)13-20/h5-7,12,15,17-19,21H,4,8-11,13H2,1-3H3. The van der Waals surface area contributed by atoms with Crippen molar-refractivity contribution in [3.63, 3.8) is 0 Å². The van der Waals surface area contributed by atoms with Gasteiger partial charge in [0.1, 0.15) is 0 Å². The molecule has 1 heterocycles. The summed E-state index contributed by atoms with van der Waals surface area (Å²) in [5.41, 5.74) is 2.71. The molecule has 1 fully saturated rings. The van der Waals surface area contributed by atoms with Gasteiger partial charge in [-0.2, -0.15) is 0 Å². The summed E-state index contributed by atoms with van der Waals surface area (Å²) in [5.74, 6) is 0.398. The number of aliphatic hydroxyl groups excluding tert-OH is 1. The van der Waals surface area contributed by atoms with Crippen molar-refractivity contribution in [3.8, 4) is 0 Å². The summed E-state index contributed by atoms with van der Waals surface area (Å²) < 4.78 is 0. The average Bonchev–Trinajstić information content (AvgIpc) is 2.47. The Balaban J connectivity index is 1.91. The molecule has 21 heavy (non-hydrogen) atoms. The third kappa shape index (κ3) is 4.80. The molecular weight excluding hydrogens is 260 g/mol. The third-order valence-corrected chi connectivity index (χ3v) is 4.57. The highest BCUT2D eigenvalue weighted by Gasteiger charge is 2.24. The monoisotopic (exact) mass is 290 g/mol. The van der Waals surface area contributed by atoms with Gasteiger partial charge in [-0.25, -0.2) is 0 Å². The van der Waals surface area contributed by atoms with Gasteiger partial charge < -0.3 is 15.3 Å². The normalized spacial score (nSPS) is 25.0. The first-order valence-electron chi connectivity index (χ1n) is 8.30. The average molecular weight is 290 g/mol. The lowest BCUT2D eigenvalue weighted by Gasteiger charge is -2.35. The molecule has 0 spiro atoms. The number of piperidine rings is 1. The van der Waals surface area contributed by atoms with E-state index in [9.17, 15) is 5.11 Å². The molecule has 1 saturated heterocycles. The number of nitrogens with one attached hydrogen (secondary N) is 1. The Hall–Kier alpha value is -0.900. The van der Waals surface area contributed by atoms with Crippen LogP contribution in [0.25, 0.3) is 0 Å². The number of hydrogen-bond donors (Lipinski definition) is 2. The van der Waals surface area contributed by atoms with E-state index in [1.54, 1.807) is 0 Å². The number of aryl methyl sites for hydroxylation is 1. The molecule has 2 N–H and O–H groups in total. The lowest BCUT2D eigenvalue weighted by atomic mass is 9.95. The molecule has 0 aromatic heterocycles. The summed E-state index contributed by atoms with van der Waals surface area (Å²) in [5, 5.41) is 13.4. The maximum absolute atomic E-state index is 9.83. The largest absolute Gasteiger partial charge is 0.393 e. The summed E-state index contributed by atoms with van der Waals surface area (Å²) >= 11 is 0. The Bertz CT molecular complexity index is 435. The Labute approximate surface area is 129 Å². The first-order chi connectivity index (χ1) is 10.1. The van der Waals surface area contributed by atoms with Crippen LogP contribution in [0.2, 0.25) is 0 Å². The quantitative estimate of drug-likeness (QED) is 0.845. The van der Waals surface area contributed by atoms with E-state index in [0.717, 1.165) is 39.0 Å². The van der Waals surface area contributed by atoms with E-state index in [4.69, 9.17) is 0 Å². The van der Waals surface area contributed by atoms with Gasteiger partial charge in [0, 0.05) is 19.1 Å². The van der Waals surface area contributed by atoms with Crippen LogP contribution in [-0.2, 0) is 0 Å². The van der Waals surface area contributed by atoms with Crippen LogP contribution in [0, 0.1) is 12.8 Å². The van der Waals surface area contributed by atoms with Crippen LogP contribution < -0.4 is 5.32 Å². The number of rotatable bonds is 6. The molecule has 3 heteroatoms. The van der Waals surface area contributed by atoms with Crippen LogP contribution in [-0.4, -0.2) is 42.3 Å². The van der Waals surface area contributed by atoms with Crippen molar-refractivity contribution in [1.29, 1.82) is 0 Å². The molecule has 0 radical (unpaired) electrons. The number of nitrogens with zero attached hydrogens (tertiary/aromatic N) is 1. The Morgan fingerprint density at radius 3 is 2.90 bits per heavy atom. The molecule has 0 bridgehead atoms. The minimum atomic E-state index is -0.109. The lowest BCUT2D eigenvalue weighted by Crippen LogP contribution is -2.43. The molecule has 3 atom stereocenters. The molecule has 3 unspecified atom stereocenters. The molecule has 1 aliphatic heterocycles. The highest BCUT2D eigenvalue weighted by molar-refractivity contribution is 5.25. The number of aliphatic hydroxyl groups is 1. The van der Waals surface area contributed by atoms with Crippen molar-refractivity contribution >= 4 is 0 Å². The highest BCUT2D eigenvalue weighted by atomic mass is 16.3. The van der Waals surface area contributed by atoms with Gasteiger partial charge in [0.2, 0.25) is 0 Å². The number of benzene rings is 1. The fraction of sp³-hybridized carbons (Fsp3) is 0.667. The smallest absolute Gasteiger partial charge is 0.0590 e. The van der Waals surface area contributed by atoms with Crippen LogP contribution in [0.1, 0.15) is 43.9 Å². The minimum absolute atomic E-state index is 0.109. The second kappa shape index (κ2) is 7.92. The molecule has 0 amide bonds. The summed E-state index contributed by atoms with van der Waals surface area (Å²) in [6.45, 7) is 10.6. The number of likely N-dealkylation sites (tertiary alicyclic amines) is 1. The molecular formula is C18H30N2O. The van der Waals surface area contributed by atoms with E-state index in [1.165, 1.54) is 11.1 Å². The molecule has 1 aliphatic rings. The summed E-state index contributed by atoms with van der Waals surface area (Å²) in [6, 6.07) is 9.24. The topological polar surface area (TPSA) is 35.5 Å². The van der Waals surface area contributed by atoms with Crippen LogP contribution in [0.3, 0.4) is 0 Å². The first kappa shape index (κ1) is 16.5. The third-order valence-electron chi connectivity index (χ3n) is 4.57. The van der Waals surface area contributed by atoms with Crippen molar-refractivity contribution in [2.75, 3.05) is 26.2 Å². The van der Waals surface area contributed by atoms with E-state index in [1.807, 2.05) is 0 Å². The molecule has 1 aromatic carbocycles. The van der Waals surface area contributed by atoms with Crippen molar-refractivity contribution < 1.29 is 5.11 Å². The summed E-state index contributed by atoms with van der Waals surface area (Å²) in [7, 11) is 0. The second-order valence-electron chi connectivity index (χ2n) is 6.45. The van der Waals surface area contributed by atoms with Gasteiger partial charge in [0.25, 0.3) is 0 Å². The SMILES string of the molecule is CCNC(CCN1CCC(O)C(C)C1)c1cccc(C)c1. The molecule has 1 aromatic rings. The molecule has 0 saturated carbocycles. The van der Waals surface area contributed by atoms with Crippen molar-refractivity contribution in [1.82, 2.24) is 10.2 Å². The lowest BCUT2D eigenvalue weighted by molar-refractivity contribution is 0.0337. The zero-order valence-electron chi connectivity index (χ0n) is 13.7. The van der Waals surface area contributed by atoms with Crippen LogP contribution in [0.15, 0.2) is 24.3 Å². The molecule has 0 aliphatic carbocycles. The summed E-state index contributed by atoms with van der Waals surface area (Å²) in [6.07, 6.45) is 1.93. The fourth-order valence-corrected chi connectivity index (χ4v) is 3.25. The molecule has 118 valence electrons. The maximum Gasteiger partial charge on any atom is 0.0590 e. The Morgan fingerprint density at radius 1 is 1.43 bits per heavy atom. The van der Waals surface area contributed by atoms with E-state index >= 15 is 0 Å². The Kier molecular flexibility index (Phi) is 6.22. The van der Waals surface area contributed by atoms with Gasteiger partial charge in [-0.15, -0.1) is 0 Å². The van der Waals surface area contributed by atoms with Gasteiger partial charge in [-0.3, -0.25) is 0 Å². The van der Waals surface area contributed by atoms with Crippen LogP contribution in [0.5, 0.6) is 0 Å². The van der Waals surface area contributed by atoms with Gasteiger partial charge in [0.15, 0.2) is 0 Å². The second-order valence-corrected chi connectivity index (χ2v) is 6.45. The van der Waals surface area contributed by atoms with E-state index in [2.05, 4.69) is 55.3 Å². The molecule has 2 rings (SSSR count). The van der Waals surface area contributed by atoms with E-state index in [0.29, 0.717) is 12.0 Å². The van der Waals surface area contributed by atoms with E-state index in [-0.39, 0.29) is 6.10 Å². The molecule has 3 nitrogen and oxygen atoms in total. The predicted octanol–water partition coefficient (Wildman–Crippen LogP) is 2.74. The van der Waals surface area contributed by atoms with Gasteiger partial charge in [-0.1, -0.05) is 43.7 Å². The summed E-state index contributed by atoms with van der Waals surface area (Å²) in [4.78, 5) is 2.50. The zero-order chi connectivity index (χ0) is 15.2. The van der Waals surface area contributed by atoms with Crippen LogP contribution in [0.4, 0.5) is 0 Å². The van der Waals surface area contributed by atoms with Crippen LogP contribution >= 0.6 is 0 Å². The van der Waals surface area contributed by atoms with Gasteiger partial charge in [0.05, 0.1) is 6.10 Å². The van der Waals surface area contributed by atoms with Gasteiger partial charge in [-0.05, 0) is 44.3 Å². The fourth-order valence-electron chi connectivity index (χ4n) is 3.25. The van der Waals surface area contributed by atoms with Crippen molar-refractivity contribution in [2.45, 2.75) is 45.8 Å². The van der Waals surface area contributed by atoms with Crippen molar-refractivity contribution in [2.24, 2.45) is 5.92 Å². The minimum Gasteiger partial charge on any atom is -0.393 e. The van der Waals surface area contributed by atoms with Gasteiger partial charge >= 0.3 is 0 Å². The highest BCUT2D eigenvalue weighted by Crippen LogP contribution is 2.21. The first-order valence-corrected chi connectivity index (χ1v) is 8.30. The van der Waals surface area contributed by atoms with E-state index < -0.39 is 0 Å².